The second-order valence-corrected chi connectivity index (χ2v) is 10.0. The number of rotatable bonds is 5. The number of furan rings is 1. The molecule has 2 nitrogen and oxygen atoms in total. The summed E-state index contributed by atoms with van der Waals surface area (Å²) in [6.45, 7) is 2.24. The number of aromatic nitrogens is 1. The van der Waals surface area contributed by atoms with E-state index < -0.39 is 0 Å². The molecule has 0 bridgehead atoms. The summed E-state index contributed by atoms with van der Waals surface area (Å²) < 4.78 is 6.35. The molecule has 0 fully saturated rings. The molecule has 0 aliphatic rings. The van der Waals surface area contributed by atoms with Crippen LogP contribution in [0.15, 0.2) is 144 Å². The van der Waals surface area contributed by atoms with Crippen molar-refractivity contribution in [1.29, 1.82) is 0 Å². The summed E-state index contributed by atoms with van der Waals surface area (Å²) in [5.41, 5.74) is 11.2. The lowest BCUT2D eigenvalue weighted by Crippen LogP contribution is -1.97. The van der Waals surface area contributed by atoms with Crippen LogP contribution in [-0.2, 0) is 0 Å². The van der Waals surface area contributed by atoms with E-state index in [2.05, 4.69) is 140 Å². The summed E-state index contributed by atoms with van der Waals surface area (Å²) in [5.74, 6) is 0.295. The van der Waals surface area contributed by atoms with Crippen molar-refractivity contribution >= 4 is 21.9 Å². The third-order valence-electron chi connectivity index (χ3n) is 7.67. The molecule has 0 saturated heterocycles. The number of nitrogens with zero attached hydrogens (tertiary/aromatic N) is 1. The smallest absolute Gasteiger partial charge is 0.136 e. The highest BCUT2D eigenvalue weighted by atomic mass is 16.3. The van der Waals surface area contributed by atoms with Crippen LogP contribution < -0.4 is 0 Å². The van der Waals surface area contributed by atoms with Crippen LogP contribution in [0.5, 0.6) is 0 Å². The van der Waals surface area contributed by atoms with Crippen LogP contribution in [0.25, 0.3) is 55.4 Å². The number of hydrogen-bond donors (Lipinski definition) is 0. The van der Waals surface area contributed by atoms with Crippen molar-refractivity contribution in [3.63, 3.8) is 0 Å². The Kier molecular flexibility index (Phi) is 5.79. The maximum Gasteiger partial charge on any atom is 0.136 e. The number of fused-ring (bicyclic) bond motifs is 3. The Labute approximate surface area is 228 Å². The maximum atomic E-state index is 6.35. The Bertz CT molecular complexity index is 1920. The van der Waals surface area contributed by atoms with Crippen molar-refractivity contribution in [2.24, 2.45) is 0 Å². The summed E-state index contributed by atoms with van der Waals surface area (Å²) in [5, 5.41) is 2.22. The van der Waals surface area contributed by atoms with Gasteiger partial charge in [0.15, 0.2) is 0 Å². The van der Waals surface area contributed by atoms with Crippen molar-refractivity contribution in [3.8, 4) is 33.5 Å². The highest BCUT2D eigenvalue weighted by Crippen LogP contribution is 2.37. The van der Waals surface area contributed by atoms with Crippen molar-refractivity contribution in [2.75, 3.05) is 0 Å². The standard InChI is InChI=1S/C37H27NO/c1-25(26-10-4-2-5-11-26)28-20-21-38-35(23-28)30-17-19-36-34(22-30)33-18-16-29(24-37(33)39-36)32-15-9-8-14-31(32)27-12-6-3-7-13-27/h2-25H,1H3. The summed E-state index contributed by atoms with van der Waals surface area (Å²) >= 11 is 0. The van der Waals surface area contributed by atoms with Crippen molar-refractivity contribution < 1.29 is 4.42 Å². The zero-order chi connectivity index (χ0) is 26.2. The monoisotopic (exact) mass is 501 g/mol. The molecule has 0 radical (unpaired) electrons. The van der Waals surface area contributed by atoms with Crippen molar-refractivity contribution in [1.82, 2.24) is 4.98 Å². The first-order valence-electron chi connectivity index (χ1n) is 13.4. The van der Waals surface area contributed by atoms with Gasteiger partial charge in [0.25, 0.3) is 0 Å². The van der Waals surface area contributed by atoms with Crippen LogP contribution in [-0.4, -0.2) is 4.98 Å². The van der Waals surface area contributed by atoms with E-state index in [1.165, 1.54) is 27.8 Å². The van der Waals surface area contributed by atoms with Crippen LogP contribution in [0.1, 0.15) is 24.0 Å². The van der Waals surface area contributed by atoms with E-state index in [1.807, 2.05) is 6.20 Å². The van der Waals surface area contributed by atoms with Crippen LogP contribution in [0.2, 0.25) is 0 Å². The Morgan fingerprint density at radius 3 is 2.00 bits per heavy atom. The first-order chi connectivity index (χ1) is 19.2. The Morgan fingerprint density at radius 2 is 1.21 bits per heavy atom. The normalized spacial score (nSPS) is 12.1. The predicted octanol–water partition coefficient (Wildman–Crippen LogP) is 10.1. The summed E-state index contributed by atoms with van der Waals surface area (Å²) in [6, 6.07) is 46.9. The van der Waals surface area contributed by atoms with Gasteiger partial charge in [-0.1, -0.05) is 97.9 Å². The molecule has 2 heteroatoms. The Hall–Kier alpha value is -4.95. The highest BCUT2D eigenvalue weighted by Gasteiger charge is 2.14. The third kappa shape index (κ3) is 4.30. The zero-order valence-electron chi connectivity index (χ0n) is 21.7. The van der Waals surface area contributed by atoms with Gasteiger partial charge in [-0.3, -0.25) is 4.98 Å². The van der Waals surface area contributed by atoms with Crippen LogP contribution in [0.4, 0.5) is 0 Å². The molecule has 39 heavy (non-hydrogen) atoms. The van der Waals surface area contributed by atoms with Crippen LogP contribution >= 0.6 is 0 Å². The van der Waals surface area contributed by atoms with E-state index in [9.17, 15) is 0 Å². The molecule has 0 aliphatic heterocycles. The molecule has 7 rings (SSSR count). The van der Waals surface area contributed by atoms with E-state index in [1.54, 1.807) is 0 Å². The van der Waals surface area contributed by atoms with Gasteiger partial charge < -0.3 is 4.42 Å². The number of hydrogen-bond acceptors (Lipinski definition) is 2. The molecule has 0 N–H and O–H groups in total. The Balaban J connectivity index is 1.28. The number of benzene rings is 5. The van der Waals surface area contributed by atoms with E-state index in [0.717, 1.165) is 38.8 Å². The first-order valence-corrected chi connectivity index (χ1v) is 13.4. The van der Waals surface area contributed by atoms with Gasteiger partial charge in [0, 0.05) is 28.5 Å². The summed E-state index contributed by atoms with van der Waals surface area (Å²) in [4.78, 5) is 4.72. The topological polar surface area (TPSA) is 26.0 Å². The largest absolute Gasteiger partial charge is 0.456 e. The molecule has 2 aromatic heterocycles. The maximum absolute atomic E-state index is 6.35. The second kappa shape index (κ2) is 9.74. The van der Waals surface area contributed by atoms with Gasteiger partial charge in [-0.05, 0) is 75.8 Å². The Morgan fingerprint density at radius 1 is 0.513 bits per heavy atom. The van der Waals surface area contributed by atoms with E-state index in [0.29, 0.717) is 5.92 Å². The predicted molar refractivity (Wildman–Crippen MR) is 162 cm³/mol. The molecule has 0 saturated carbocycles. The van der Waals surface area contributed by atoms with Crippen molar-refractivity contribution in [2.45, 2.75) is 12.8 Å². The molecule has 0 spiro atoms. The van der Waals surface area contributed by atoms with Crippen molar-refractivity contribution in [3.05, 3.63) is 151 Å². The molecule has 5 aromatic carbocycles. The van der Waals surface area contributed by atoms with Gasteiger partial charge in [0.05, 0.1) is 5.69 Å². The van der Waals surface area contributed by atoms with Gasteiger partial charge in [-0.15, -0.1) is 0 Å². The average Bonchev–Trinajstić information content (AvgIpc) is 3.39. The molecule has 2 heterocycles. The fourth-order valence-corrected chi connectivity index (χ4v) is 5.52. The zero-order valence-corrected chi connectivity index (χ0v) is 21.7. The highest BCUT2D eigenvalue weighted by molar-refractivity contribution is 6.07. The van der Waals surface area contributed by atoms with E-state index >= 15 is 0 Å². The second-order valence-electron chi connectivity index (χ2n) is 10.0. The van der Waals surface area contributed by atoms with Gasteiger partial charge in [0.1, 0.15) is 11.2 Å². The lowest BCUT2D eigenvalue weighted by Gasteiger charge is -2.13. The van der Waals surface area contributed by atoms with Gasteiger partial charge >= 0.3 is 0 Å². The quantitative estimate of drug-likeness (QED) is 0.234. The van der Waals surface area contributed by atoms with E-state index in [4.69, 9.17) is 9.40 Å². The molecular weight excluding hydrogens is 474 g/mol. The molecule has 0 aliphatic carbocycles. The summed E-state index contributed by atoms with van der Waals surface area (Å²) in [7, 11) is 0. The fourth-order valence-electron chi connectivity index (χ4n) is 5.52. The summed E-state index contributed by atoms with van der Waals surface area (Å²) in [6.07, 6.45) is 1.91. The molecule has 1 unspecified atom stereocenters. The lowest BCUT2D eigenvalue weighted by atomic mass is 9.92. The third-order valence-corrected chi connectivity index (χ3v) is 7.67. The van der Waals surface area contributed by atoms with Gasteiger partial charge in [0.2, 0.25) is 0 Å². The lowest BCUT2D eigenvalue weighted by molar-refractivity contribution is 0.669. The SMILES string of the molecule is CC(c1ccccc1)c1ccnc(-c2ccc3oc4cc(-c5ccccc5-c5ccccc5)ccc4c3c2)c1. The minimum absolute atomic E-state index is 0.295. The molecule has 0 amide bonds. The van der Waals surface area contributed by atoms with Gasteiger partial charge in [-0.2, -0.15) is 0 Å². The molecule has 7 aromatic rings. The van der Waals surface area contributed by atoms with E-state index in [-0.39, 0.29) is 0 Å². The minimum Gasteiger partial charge on any atom is -0.456 e. The average molecular weight is 502 g/mol. The molecule has 186 valence electrons. The minimum atomic E-state index is 0.295. The van der Waals surface area contributed by atoms with Gasteiger partial charge in [-0.25, -0.2) is 0 Å². The first kappa shape index (κ1) is 23.2. The fraction of sp³-hybridized carbons (Fsp3) is 0.0541. The molecular formula is C37H27NO. The molecule has 1 atom stereocenters. The van der Waals surface area contributed by atoms with Crippen LogP contribution in [0, 0.1) is 0 Å². The van der Waals surface area contributed by atoms with Crippen LogP contribution in [0.3, 0.4) is 0 Å². The number of pyridine rings is 1.